The van der Waals surface area contributed by atoms with Crippen LogP contribution in [0.4, 0.5) is 0 Å². The zero-order chi connectivity index (χ0) is 12.4. The molecule has 0 amide bonds. The number of ketones is 1. The van der Waals surface area contributed by atoms with E-state index >= 15 is 0 Å². The number of aliphatic hydroxyl groups is 1. The van der Waals surface area contributed by atoms with Gasteiger partial charge in [0.1, 0.15) is 11.4 Å². The van der Waals surface area contributed by atoms with Crippen LogP contribution < -0.4 is 0 Å². The van der Waals surface area contributed by atoms with Crippen LogP contribution in [0.3, 0.4) is 0 Å². The zero-order valence-electron chi connectivity index (χ0n) is 10.4. The Morgan fingerprint density at radius 3 is 2.72 bits per heavy atom. The Labute approximate surface area is 106 Å². The SMILES string of the molecule is O=C1CCC=C2CC[C@]3(O)C[C@]12CC31OCCO1. The molecule has 18 heavy (non-hydrogen) atoms. The van der Waals surface area contributed by atoms with Crippen LogP contribution in [0.1, 0.15) is 38.5 Å². The van der Waals surface area contributed by atoms with Crippen LogP contribution in [0.5, 0.6) is 0 Å². The van der Waals surface area contributed by atoms with Crippen LogP contribution in [0.2, 0.25) is 0 Å². The minimum absolute atomic E-state index is 0.272. The summed E-state index contributed by atoms with van der Waals surface area (Å²) in [5, 5.41) is 10.9. The monoisotopic (exact) mass is 250 g/mol. The summed E-state index contributed by atoms with van der Waals surface area (Å²) >= 11 is 0. The molecule has 1 N–H and O–H groups in total. The number of hydrogen-bond donors (Lipinski definition) is 1. The average molecular weight is 250 g/mol. The lowest BCUT2D eigenvalue weighted by atomic mass is 9.64. The highest BCUT2D eigenvalue weighted by Gasteiger charge is 2.71. The second-order valence-corrected chi connectivity index (χ2v) is 6.11. The van der Waals surface area contributed by atoms with E-state index in [1.54, 1.807) is 0 Å². The van der Waals surface area contributed by atoms with Gasteiger partial charge in [0.25, 0.3) is 0 Å². The lowest BCUT2D eigenvalue weighted by molar-refractivity contribution is -0.253. The van der Waals surface area contributed by atoms with E-state index in [-0.39, 0.29) is 5.78 Å². The number of rotatable bonds is 0. The van der Waals surface area contributed by atoms with E-state index < -0.39 is 16.8 Å². The Bertz CT molecular complexity index is 449. The molecule has 4 rings (SSSR count). The summed E-state index contributed by atoms with van der Waals surface area (Å²) in [7, 11) is 0. The second-order valence-electron chi connectivity index (χ2n) is 6.11. The van der Waals surface area contributed by atoms with Crippen molar-refractivity contribution in [3.63, 3.8) is 0 Å². The normalized spacial score (nSPS) is 45.2. The van der Waals surface area contributed by atoms with Crippen molar-refractivity contribution in [3.05, 3.63) is 11.6 Å². The quantitative estimate of drug-likeness (QED) is 0.659. The fourth-order valence-corrected chi connectivity index (χ4v) is 4.46. The Morgan fingerprint density at radius 1 is 1.17 bits per heavy atom. The van der Waals surface area contributed by atoms with Gasteiger partial charge in [0, 0.05) is 12.8 Å². The molecule has 4 heteroatoms. The Hall–Kier alpha value is -0.710. The summed E-state index contributed by atoms with van der Waals surface area (Å²) in [6, 6.07) is 0. The van der Waals surface area contributed by atoms with Gasteiger partial charge >= 0.3 is 0 Å². The molecule has 3 aliphatic carbocycles. The van der Waals surface area contributed by atoms with E-state index in [2.05, 4.69) is 6.08 Å². The number of carbonyl (C=O) groups is 1. The molecule has 4 aliphatic rings. The van der Waals surface area contributed by atoms with Crippen LogP contribution in [0, 0.1) is 5.41 Å². The van der Waals surface area contributed by atoms with Crippen molar-refractivity contribution in [3.8, 4) is 0 Å². The second kappa shape index (κ2) is 3.24. The lowest BCUT2D eigenvalue weighted by Gasteiger charge is -2.40. The molecule has 2 spiro atoms. The van der Waals surface area contributed by atoms with Gasteiger partial charge in [0.05, 0.1) is 18.6 Å². The van der Waals surface area contributed by atoms with Crippen LogP contribution in [0.25, 0.3) is 0 Å². The lowest BCUT2D eigenvalue weighted by Crippen LogP contribution is -2.51. The average Bonchev–Trinajstić information content (AvgIpc) is 2.87. The van der Waals surface area contributed by atoms with Gasteiger partial charge in [0.15, 0.2) is 5.79 Å². The number of ether oxygens (including phenoxy) is 2. The molecule has 0 unspecified atom stereocenters. The highest BCUT2D eigenvalue weighted by Crippen LogP contribution is 2.64. The van der Waals surface area contributed by atoms with Crippen molar-refractivity contribution < 1.29 is 19.4 Å². The fraction of sp³-hybridized carbons (Fsp3) is 0.786. The first-order valence-electron chi connectivity index (χ1n) is 6.84. The van der Waals surface area contributed by atoms with E-state index in [1.807, 2.05) is 0 Å². The molecule has 1 heterocycles. The molecule has 2 atom stereocenters. The van der Waals surface area contributed by atoms with Gasteiger partial charge in [-0.25, -0.2) is 0 Å². The number of Topliss-reactive ketones (excluding diaryl/α,β-unsaturated/α-hetero) is 1. The van der Waals surface area contributed by atoms with Gasteiger partial charge in [-0.2, -0.15) is 0 Å². The summed E-state index contributed by atoms with van der Waals surface area (Å²) in [6.45, 7) is 1.04. The predicted octanol–water partition coefficient (Wildman–Crippen LogP) is 1.32. The number of hydrogen-bond acceptors (Lipinski definition) is 4. The molecule has 3 fully saturated rings. The van der Waals surface area contributed by atoms with Crippen molar-refractivity contribution in [2.24, 2.45) is 5.41 Å². The third-order valence-corrected chi connectivity index (χ3v) is 5.31. The van der Waals surface area contributed by atoms with Gasteiger partial charge in [-0.3, -0.25) is 4.79 Å². The maximum absolute atomic E-state index is 12.4. The van der Waals surface area contributed by atoms with Crippen LogP contribution in [-0.4, -0.2) is 35.5 Å². The minimum Gasteiger partial charge on any atom is -0.384 e. The van der Waals surface area contributed by atoms with E-state index in [0.29, 0.717) is 38.9 Å². The van der Waals surface area contributed by atoms with E-state index in [0.717, 1.165) is 12.8 Å². The topological polar surface area (TPSA) is 55.8 Å². The first-order valence-corrected chi connectivity index (χ1v) is 6.84. The highest BCUT2D eigenvalue weighted by molar-refractivity contribution is 5.90. The van der Waals surface area contributed by atoms with Crippen molar-refractivity contribution in [1.29, 1.82) is 0 Å². The number of fused-ring (bicyclic) bond motifs is 2. The summed E-state index contributed by atoms with van der Waals surface area (Å²) in [6.07, 6.45) is 6.10. The maximum atomic E-state index is 12.4. The van der Waals surface area contributed by atoms with Gasteiger partial charge in [-0.05, 0) is 25.7 Å². The summed E-state index contributed by atoms with van der Waals surface area (Å²) in [5.41, 5.74) is -0.247. The van der Waals surface area contributed by atoms with E-state index in [4.69, 9.17) is 9.47 Å². The predicted molar refractivity (Wildman–Crippen MR) is 62.8 cm³/mol. The Balaban J connectivity index is 1.85. The van der Waals surface area contributed by atoms with Crippen molar-refractivity contribution in [1.82, 2.24) is 0 Å². The van der Waals surface area contributed by atoms with Crippen molar-refractivity contribution in [2.75, 3.05) is 13.2 Å². The molecular formula is C14H18O4. The van der Waals surface area contributed by atoms with Crippen molar-refractivity contribution >= 4 is 5.78 Å². The fourth-order valence-electron chi connectivity index (χ4n) is 4.46. The molecule has 98 valence electrons. The smallest absolute Gasteiger partial charge is 0.198 e. The molecule has 0 aromatic heterocycles. The van der Waals surface area contributed by atoms with Crippen LogP contribution >= 0.6 is 0 Å². The molecule has 0 radical (unpaired) electrons. The molecule has 2 bridgehead atoms. The maximum Gasteiger partial charge on any atom is 0.198 e. The van der Waals surface area contributed by atoms with Crippen LogP contribution in [-0.2, 0) is 14.3 Å². The minimum atomic E-state index is -0.978. The molecule has 0 aromatic carbocycles. The first kappa shape index (κ1) is 11.1. The summed E-state index contributed by atoms with van der Waals surface area (Å²) in [5.74, 6) is -0.649. The molecule has 0 aromatic rings. The van der Waals surface area contributed by atoms with Crippen LogP contribution in [0.15, 0.2) is 11.6 Å². The molecule has 2 saturated carbocycles. The largest absolute Gasteiger partial charge is 0.384 e. The highest BCUT2D eigenvalue weighted by atomic mass is 16.7. The molecular weight excluding hydrogens is 232 g/mol. The number of allylic oxidation sites excluding steroid dienone is 2. The van der Waals surface area contributed by atoms with E-state index in [1.165, 1.54) is 5.57 Å². The Kier molecular flexibility index (Phi) is 2.01. The standard InChI is InChI=1S/C14H18O4/c15-11-3-1-2-10-4-5-13(16)8-12(10,11)9-14(13)17-6-7-18-14/h2,16H,1,3-9H2/t12-,13+/m1/s1. The van der Waals surface area contributed by atoms with Gasteiger partial charge < -0.3 is 14.6 Å². The third kappa shape index (κ3) is 1.10. The summed E-state index contributed by atoms with van der Waals surface area (Å²) < 4.78 is 11.5. The zero-order valence-corrected chi connectivity index (χ0v) is 10.4. The van der Waals surface area contributed by atoms with Gasteiger partial charge in [-0.15, -0.1) is 0 Å². The molecule has 1 aliphatic heterocycles. The number of carbonyl (C=O) groups excluding carboxylic acids is 1. The third-order valence-electron chi connectivity index (χ3n) is 5.31. The molecule has 1 saturated heterocycles. The van der Waals surface area contributed by atoms with E-state index in [9.17, 15) is 9.90 Å². The Morgan fingerprint density at radius 2 is 1.94 bits per heavy atom. The van der Waals surface area contributed by atoms with Gasteiger partial charge in [0.2, 0.25) is 0 Å². The van der Waals surface area contributed by atoms with Crippen molar-refractivity contribution in [2.45, 2.75) is 49.9 Å². The summed E-state index contributed by atoms with van der Waals surface area (Å²) in [4.78, 5) is 12.4. The molecule has 4 nitrogen and oxygen atoms in total. The van der Waals surface area contributed by atoms with Gasteiger partial charge in [-0.1, -0.05) is 11.6 Å². The first-order chi connectivity index (χ1) is 8.60.